The van der Waals surface area contributed by atoms with Crippen molar-refractivity contribution in [2.24, 2.45) is 11.1 Å². The summed E-state index contributed by atoms with van der Waals surface area (Å²) >= 11 is 0. The molecule has 5 heteroatoms. The first-order valence-corrected chi connectivity index (χ1v) is 5.20. The number of carbonyl (C=O) groups is 2. The summed E-state index contributed by atoms with van der Waals surface area (Å²) in [5.41, 5.74) is 5.21. The Kier molecular flexibility index (Phi) is 4.08. The van der Waals surface area contributed by atoms with Crippen LogP contribution in [0.3, 0.4) is 0 Å². The Labute approximate surface area is 89.3 Å². The van der Waals surface area contributed by atoms with E-state index in [1.165, 1.54) is 7.11 Å². The molecule has 0 heterocycles. The van der Waals surface area contributed by atoms with Crippen molar-refractivity contribution in [3.63, 3.8) is 0 Å². The van der Waals surface area contributed by atoms with Gasteiger partial charge in [0, 0.05) is 19.5 Å². The van der Waals surface area contributed by atoms with Crippen LogP contribution in [0.5, 0.6) is 0 Å². The molecule has 0 unspecified atom stereocenters. The van der Waals surface area contributed by atoms with Crippen molar-refractivity contribution in [1.29, 1.82) is 0 Å². The fourth-order valence-corrected chi connectivity index (χ4v) is 1.40. The Morgan fingerprint density at radius 3 is 2.60 bits per heavy atom. The van der Waals surface area contributed by atoms with E-state index in [1.54, 1.807) is 0 Å². The molecular formula is C10H18N2O3. The fraction of sp³-hybridized carbons (Fsp3) is 0.800. The highest BCUT2D eigenvalue weighted by Crippen LogP contribution is 2.44. The lowest BCUT2D eigenvalue weighted by Gasteiger charge is -2.12. The van der Waals surface area contributed by atoms with Crippen LogP contribution in [0, 0.1) is 5.41 Å². The second-order valence-electron chi connectivity index (χ2n) is 3.92. The standard InChI is InChI=1S/C10H18N2O3/c1-15-8(13)3-2-6-12-9(14)10(7-11)4-5-10/h2-7,11H2,1H3,(H,12,14). The van der Waals surface area contributed by atoms with Gasteiger partial charge >= 0.3 is 5.97 Å². The van der Waals surface area contributed by atoms with Gasteiger partial charge in [0.15, 0.2) is 0 Å². The van der Waals surface area contributed by atoms with Gasteiger partial charge in [-0.15, -0.1) is 0 Å². The zero-order valence-electron chi connectivity index (χ0n) is 9.04. The van der Waals surface area contributed by atoms with Gasteiger partial charge in [-0.05, 0) is 19.3 Å². The van der Waals surface area contributed by atoms with Gasteiger partial charge < -0.3 is 15.8 Å². The summed E-state index contributed by atoms with van der Waals surface area (Å²) in [6.07, 6.45) is 2.71. The lowest BCUT2D eigenvalue weighted by atomic mass is 10.1. The van der Waals surface area contributed by atoms with E-state index in [-0.39, 0.29) is 17.3 Å². The van der Waals surface area contributed by atoms with Crippen LogP contribution in [-0.2, 0) is 14.3 Å². The zero-order chi connectivity index (χ0) is 11.3. The minimum atomic E-state index is -0.300. The topological polar surface area (TPSA) is 81.4 Å². The number of nitrogens with one attached hydrogen (secondary N) is 1. The summed E-state index contributed by atoms with van der Waals surface area (Å²) in [5.74, 6) is -0.223. The van der Waals surface area contributed by atoms with E-state index in [4.69, 9.17) is 5.73 Å². The largest absolute Gasteiger partial charge is 0.469 e. The molecule has 0 spiro atoms. The molecule has 15 heavy (non-hydrogen) atoms. The fourth-order valence-electron chi connectivity index (χ4n) is 1.40. The Morgan fingerprint density at radius 1 is 1.47 bits per heavy atom. The predicted molar refractivity (Wildman–Crippen MR) is 55.0 cm³/mol. The van der Waals surface area contributed by atoms with E-state index >= 15 is 0 Å². The lowest BCUT2D eigenvalue weighted by molar-refractivity contribution is -0.140. The number of methoxy groups -OCH3 is 1. The molecule has 1 fully saturated rings. The molecule has 1 aliphatic carbocycles. The molecule has 0 aromatic heterocycles. The van der Waals surface area contributed by atoms with Crippen molar-refractivity contribution in [1.82, 2.24) is 5.32 Å². The number of rotatable bonds is 6. The number of esters is 1. The van der Waals surface area contributed by atoms with Crippen LogP contribution in [0.15, 0.2) is 0 Å². The number of hydrogen-bond donors (Lipinski definition) is 2. The minimum Gasteiger partial charge on any atom is -0.469 e. The summed E-state index contributed by atoms with van der Waals surface area (Å²) in [6.45, 7) is 0.922. The highest BCUT2D eigenvalue weighted by Gasteiger charge is 2.48. The van der Waals surface area contributed by atoms with Gasteiger partial charge in [0.1, 0.15) is 0 Å². The van der Waals surface area contributed by atoms with Gasteiger partial charge in [-0.25, -0.2) is 0 Å². The van der Waals surface area contributed by atoms with Gasteiger partial charge in [-0.3, -0.25) is 9.59 Å². The van der Waals surface area contributed by atoms with Crippen LogP contribution >= 0.6 is 0 Å². The van der Waals surface area contributed by atoms with Crippen LogP contribution in [-0.4, -0.2) is 32.1 Å². The summed E-state index contributed by atoms with van der Waals surface area (Å²) in [7, 11) is 1.36. The highest BCUT2D eigenvalue weighted by atomic mass is 16.5. The molecular weight excluding hydrogens is 196 g/mol. The zero-order valence-corrected chi connectivity index (χ0v) is 9.04. The van der Waals surface area contributed by atoms with Crippen LogP contribution in [0.1, 0.15) is 25.7 Å². The van der Waals surface area contributed by atoms with Gasteiger partial charge in [-0.1, -0.05) is 0 Å². The molecule has 0 aliphatic heterocycles. The second kappa shape index (κ2) is 5.11. The van der Waals surface area contributed by atoms with Crippen molar-refractivity contribution in [3.05, 3.63) is 0 Å². The number of hydrogen-bond acceptors (Lipinski definition) is 4. The third-order valence-corrected chi connectivity index (χ3v) is 2.80. The van der Waals surface area contributed by atoms with Crippen molar-refractivity contribution >= 4 is 11.9 Å². The first-order chi connectivity index (χ1) is 7.14. The Balaban J connectivity index is 2.10. The summed E-state index contributed by atoms with van der Waals surface area (Å²) in [4.78, 5) is 22.3. The van der Waals surface area contributed by atoms with E-state index in [0.717, 1.165) is 12.8 Å². The summed E-state index contributed by atoms with van der Waals surface area (Å²) in [5, 5.41) is 2.79. The maximum absolute atomic E-state index is 11.6. The molecule has 0 saturated heterocycles. The molecule has 0 aromatic rings. The smallest absolute Gasteiger partial charge is 0.305 e. The molecule has 0 atom stereocenters. The average molecular weight is 214 g/mol. The maximum Gasteiger partial charge on any atom is 0.305 e. The molecule has 1 rings (SSSR count). The van der Waals surface area contributed by atoms with E-state index < -0.39 is 0 Å². The second-order valence-corrected chi connectivity index (χ2v) is 3.92. The number of amides is 1. The van der Waals surface area contributed by atoms with Gasteiger partial charge in [0.2, 0.25) is 5.91 Å². The number of nitrogens with two attached hydrogens (primary N) is 1. The molecule has 0 aromatic carbocycles. The predicted octanol–water partition coefficient (Wildman–Crippen LogP) is -0.205. The van der Waals surface area contributed by atoms with Gasteiger partial charge in [0.05, 0.1) is 12.5 Å². The SMILES string of the molecule is COC(=O)CCCNC(=O)C1(CN)CC1. The molecule has 0 radical (unpaired) electrons. The molecule has 0 bridgehead atoms. The monoisotopic (exact) mass is 214 g/mol. The molecule has 86 valence electrons. The van der Waals surface area contributed by atoms with Crippen LogP contribution in [0.25, 0.3) is 0 Å². The van der Waals surface area contributed by atoms with Crippen molar-refractivity contribution in [3.8, 4) is 0 Å². The summed E-state index contributed by atoms with van der Waals surface area (Å²) in [6, 6.07) is 0. The minimum absolute atomic E-state index is 0.0230. The van der Waals surface area contributed by atoms with Crippen molar-refractivity contribution < 1.29 is 14.3 Å². The van der Waals surface area contributed by atoms with Crippen molar-refractivity contribution in [2.45, 2.75) is 25.7 Å². The maximum atomic E-state index is 11.6. The quantitative estimate of drug-likeness (QED) is 0.473. The molecule has 1 aliphatic rings. The van der Waals surface area contributed by atoms with E-state index in [2.05, 4.69) is 10.1 Å². The molecule has 5 nitrogen and oxygen atoms in total. The van der Waals surface area contributed by atoms with E-state index in [9.17, 15) is 9.59 Å². The Hall–Kier alpha value is -1.10. The Morgan fingerprint density at radius 2 is 2.13 bits per heavy atom. The first kappa shape index (κ1) is 12.0. The van der Waals surface area contributed by atoms with Crippen molar-refractivity contribution in [2.75, 3.05) is 20.2 Å². The molecule has 3 N–H and O–H groups in total. The lowest BCUT2D eigenvalue weighted by Crippen LogP contribution is -2.37. The van der Waals surface area contributed by atoms with E-state index in [0.29, 0.717) is 25.9 Å². The van der Waals surface area contributed by atoms with Crippen LogP contribution in [0.4, 0.5) is 0 Å². The summed E-state index contributed by atoms with van der Waals surface area (Å²) < 4.78 is 4.49. The first-order valence-electron chi connectivity index (χ1n) is 5.20. The highest BCUT2D eigenvalue weighted by molar-refractivity contribution is 5.85. The number of ether oxygens (including phenoxy) is 1. The molecule has 1 amide bonds. The number of carbonyl (C=O) groups excluding carboxylic acids is 2. The van der Waals surface area contributed by atoms with Crippen LogP contribution < -0.4 is 11.1 Å². The normalized spacial score (nSPS) is 16.9. The average Bonchev–Trinajstić information content (AvgIpc) is 3.04. The van der Waals surface area contributed by atoms with E-state index in [1.807, 2.05) is 0 Å². The third kappa shape index (κ3) is 3.20. The van der Waals surface area contributed by atoms with Gasteiger partial charge in [0.25, 0.3) is 0 Å². The Bertz CT molecular complexity index is 249. The molecule has 1 saturated carbocycles. The van der Waals surface area contributed by atoms with Crippen LogP contribution in [0.2, 0.25) is 0 Å². The van der Waals surface area contributed by atoms with Gasteiger partial charge in [-0.2, -0.15) is 0 Å². The third-order valence-electron chi connectivity index (χ3n) is 2.80.